The largest absolute Gasteiger partial charge is 0.493 e. The molecule has 1 aliphatic heterocycles. The summed E-state index contributed by atoms with van der Waals surface area (Å²) in [5.41, 5.74) is 1.87. The zero-order valence-corrected chi connectivity index (χ0v) is 22.0. The van der Waals surface area contributed by atoms with E-state index >= 15 is 0 Å². The minimum Gasteiger partial charge on any atom is -0.493 e. The molecule has 0 aliphatic carbocycles. The van der Waals surface area contributed by atoms with Crippen LogP contribution in [-0.2, 0) is 14.3 Å². The Morgan fingerprint density at radius 3 is 2.53 bits per heavy atom. The first-order chi connectivity index (χ1) is 18.3. The van der Waals surface area contributed by atoms with Gasteiger partial charge in [-0.2, -0.15) is 0 Å². The molecule has 1 aromatic heterocycles. The summed E-state index contributed by atoms with van der Waals surface area (Å²) < 4.78 is 17.7. The van der Waals surface area contributed by atoms with Crippen molar-refractivity contribution in [3.8, 4) is 11.5 Å². The summed E-state index contributed by atoms with van der Waals surface area (Å²) in [5.74, 6) is -0.576. The number of ether oxygens (including phenoxy) is 3. The Morgan fingerprint density at radius 2 is 1.79 bits per heavy atom. The van der Waals surface area contributed by atoms with E-state index in [4.69, 9.17) is 14.2 Å². The Hall–Kier alpha value is -4.50. The Kier molecular flexibility index (Phi) is 6.69. The number of esters is 2. The fourth-order valence-electron chi connectivity index (χ4n) is 4.62. The highest BCUT2D eigenvalue weighted by atomic mass is 32.1. The lowest BCUT2D eigenvalue weighted by Gasteiger charge is -2.25. The summed E-state index contributed by atoms with van der Waals surface area (Å²) in [5, 5.41) is 2.09. The lowest BCUT2D eigenvalue weighted by Crippen LogP contribution is -2.39. The predicted octanol–water partition coefficient (Wildman–Crippen LogP) is 3.50. The number of fused-ring (bicyclic) bond motifs is 2. The highest BCUT2D eigenvalue weighted by Gasteiger charge is 2.33. The van der Waals surface area contributed by atoms with Gasteiger partial charge in [0.25, 0.3) is 5.56 Å². The standard InChI is InChI=1S/C29H24N2O6S/c1-16-25(28(34)36-4)26(20-12-13-22(37-17(2)32)23(14-20)35-3)31-27(33)24(38-29(31)30-16)15-19-10-7-9-18-8-5-6-11-21(18)19/h5-15,26H,1-4H3/b24-15-. The van der Waals surface area contributed by atoms with E-state index in [-0.39, 0.29) is 22.6 Å². The second-order valence-electron chi connectivity index (χ2n) is 8.65. The Bertz CT molecular complexity index is 1810. The zero-order chi connectivity index (χ0) is 27.0. The van der Waals surface area contributed by atoms with E-state index in [1.54, 1.807) is 25.1 Å². The van der Waals surface area contributed by atoms with E-state index in [1.165, 1.54) is 37.0 Å². The number of hydrogen-bond acceptors (Lipinski definition) is 8. The van der Waals surface area contributed by atoms with Gasteiger partial charge in [0.1, 0.15) is 0 Å². The molecule has 0 radical (unpaired) electrons. The topological polar surface area (TPSA) is 96.2 Å². The van der Waals surface area contributed by atoms with E-state index in [2.05, 4.69) is 4.99 Å². The smallest absolute Gasteiger partial charge is 0.338 e. The number of methoxy groups -OCH3 is 2. The molecule has 0 spiro atoms. The van der Waals surface area contributed by atoms with Crippen molar-refractivity contribution < 1.29 is 23.8 Å². The van der Waals surface area contributed by atoms with Crippen molar-refractivity contribution in [1.82, 2.24) is 4.57 Å². The van der Waals surface area contributed by atoms with E-state index in [1.807, 2.05) is 48.5 Å². The van der Waals surface area contributed by atoms with Crippen LogP contribution in [0, 0.1) is 0 Å². The predicted molar refractivity (Wildman–Crippen MR) is 144 cm³/mol. The first-order valence-corrected chi connectivity index (χ1v) is 12.6. The minimum absolute atomic E-state index is 0.229. The van der Waals surface area contributed by atoms with Crippen molar-refractivity contribution in [3.05, 3.63) is 103 Å². The molecule has 0 amide bonds. The van der Waals surface area contributed by atoms with Crippen LogP contribution in [0.5, 0.6) is 11.5 Å². The van der Waals surface area contributed by atoms with E-state index in [0.717, 1.165) is 16.3 Å². The molecule has 0 N–H and O–H groups in total. The highest BCUT2D eigenvalue weighted by Crippen LogP contribution is 2.36. The first-order valence-electron chi connectivity index (χ1n) is 11.8. The first kappa shape index (κ1) is 25.2. The van der Waals surface area contributed by atoms with Crippen LogP contribution in [-0.4, -0.2) is 30.7 Å². The number of allylic oxidation sites excluding steroid dienone is 1. The van der Waals surface area contributed by atoms with Crippen LogP contribution in [0.25, 0.3) is 16.8 Å². The number of benzene rings is 3. The Balaban J connectivity index is 1.74. The summed E-state index contributed by atoms with van der Waals surface area (Å²) in [6.07, 6.45) is 1.85. The second kappa shape index (κ2) is 10.1. The molecule has 3 aromatic carbocycles. The molecule has 38 heavy (non-hydrogen) atoms. The molecule has 1 atom stereocenters. The van der Waals surface area contributed by atoms with Gasteiger partial charge in [0.05, 0.1) is 36.1 Å². The van der Waals surface area contributed by atoms with Crippen molar-refractivity contribution in [2.75, 3.05) is 14.2 Å². The van der Waals surface area contributed by atoms with Crippen LogP contribution in [0.15, 0.2) is 81.7 Å². The van der Waals surface area contributed by atoms with Gasteiger partial charge in [0.2, 0.25) is 0 Å². The van der Waals surface area contributed by atoms with Crippen LogP contribution in [0.4, 0.5) is 0 Å². The van der Waals surface area contributed by atoms with Gasteiger partial charge in [-0.15, -0.1) is 0 Å². The van der Waals surface area contributed by atoms with Crippen molar-refractivity contribution >= 4 is 40.1 Å². The monoisotopic (exact) mass is 528 g/mol. The van der Waals surface area contributed by atoms with Crippen LogP contribution in [0.3, 0.4) is 0 Å². The molecule has 5 rings (SSSR count). The number of hydrogen-bond donors (Lipinski definition) is 0. The third-order valence-electron chi connectivity index (χ3n) is 6.29. The average Bonchev–Trinajstić information content (AvgIpc) is 3.21. The summed E-state index contributed by atoms with van der Waals surface area (Å²) in [6, 6.07) is 18.0. The van der Waals surface area contributed by atoms with Crippen molar-refractivity contribution in [2.45, 2.75) is 19.9 Å². The molecule has 0 saturated heterocycles. The van der Waals surface area contributed by atoms with E-state index < -0.39 is 18.0 Å². The van der Waals surface area contributed by atoms with Gasteiger partial charge >= 0.3 is 11.9 Å². The summed E-state index contributed by atoms with van der Waals surface area (Å²) >= 11 is 1.25. The number of carbonyl (C=O) groups is 2. The highest BCUT2D eigenvalue weighted by molar-refractivity contribution is 7.07. The molecule has 1 unspecified atom stereocenters. The summed E-state index contributed by atoms with van der Waals surface area (Å²) in [4.78, 5) is 43.4. The fourth-order valence-corrected chi connectivity index (χ4v) is 5.66. The molecule has 0 bridgehead atoms. The van der Waals surface area contributed by atoms with Gasteiger partial charge < -0.3 is 14.2 Å². The van der Waals surface area contributed by atoms with E-state index in [9.17, 15) is 14.4 Å². The molecule has 4 aromatic rings. The normalized spacial score (nSPS) is 15.2. The lowest BCUT2D eigenvalue weighted by atomic mass is 9.95. The SMILES string of the molecule is COC(=O)C1=C(C)N=c2s/c(=C\c3cccc4ccccc34)c(=O)n2C1c1ccc(OC(C)=O)c(OC)c1. The molecule has 192 valence electrons. The zero-order valence-electron chi connectivity index (χ0n) is 21.2. The van der Waals surface area contributed by atoms with Gasteiger partial charge in [0, 0.05) is 6.92 Å². The van der Waals surface area contributed by atoms with Crippen molar-refractivity contribution in [2.24, 2.45) is 4.99 Å². The maximum absolute atomic E-state index is 13.9. The van der Waals surface area contributed by atoms with Gasteiger partial charge in [-0.25, -0.2) is 9.79 Å². The van der Waals surface area contributed by atoms with Gasteiger partial charge in [-0.1, -0.05) is 59.9 Å². The van der Waals surface area contributed by atoms with Crippen molar-refractivity contribution in [3.63, 3.8) is 0 Å². The van der Waals surface area contributed by atoms with Crippen LogP contribution < -0.4 is 24.4 Å². The molecular weight excluding hydrogens is 504 g/mol. The molecular formula is C29H24N2O6S. The Labute approximate surface area is 221 Å². The molecule has 0 saturated carbocycles. The number of aromatic nitrogens is 1. The van der Waals surface area contributed by atoms with Crippen LogP contribution >= 0.6 is 11.3 Å². The number of carbonyl (C=O) groups excluding carboxylic acids is 2. The average molecular weight is 529 g/mol. The summed E-state index contributed by atoms with van der Waals surface area (Å²) in [6.45, 7) is 3.01. The maximum Gasteiger partial charge on any atom is 0.338 e. The molecule has 1 aliphatic rings. The fraction of sp³-hybridized carbons (Fsp3) is 0.172. The third kappa shape index (κ3) is 4.41. The third-order valence-corrected chi connectivity index (χ3v) is 7.28. The second-order valence-corrected chi connectivity index (χ2v) is 9.65. The molecule has 2 heterocycles. The number of nitrogens with zero attached hydrogens (tertiary/aromatic N) is 2. The Morgan fingerprint density at radius 1 is 1.03 bits per heavy atom. The molecule has 0 fully saturated rings. The lowest BCUT2D eigenvalue weighted by molar-refractivity contribution is -0.136. The number of thiazole rings is 1. The van der Waals surface area contributed by atoms with Crippen LogP contribution in [0.1, 0.15) is 31.0 Å². The molecule has 8 nitrogen and oxygen atoms in total. The van der Waals surface area contributed by atoms with E-state index in [0.29, 0.717) is 20.6 Å². The summed E-state index contributed by atoms with van der Waals surface area (Å²) in [7, 11) is 2.74. The van der Waals surface area contributed by atoms with Gasteiger partial charge in [-0.05, 0) is 47.0 Å². The van der Waals surface area contributed by atoms with Crippen molar-refractivity contribution in [1.29, 1.82) is 0 Å². The van der Waals surface area contributed by atoms with Gasteiger partial charge in [-0.3, -0.25) is 14.2 Å². The van der Waals surface area contributed by atoms with Gasteiger partial charge in [0.15, 0.2) is 16.3 Å². The quantitative estimate of drug-likeness (QED) is 0.291. The minimum atomic E-state index is -0.825. The number of rotatable bonds is 5. The van der Waals surface area contributed by atoms with Crippen LogP contribution in [0.2, 0.25) is 0 Å². The maximum atomic E-state index is 13.9. The molecule has 9 heteroatoms.